The van der Waals surface area contributed by atoms with E-state index in [1.807, 2.05) is 0 Å². The summed E-state index contributed by atoms with van der Waals surface area (Å²) in [6.45, 7) is 0.138. The van der Waals surface area contributed by atoms with Crippen LogP contribution in [0.15, 0.2) is 52.4 Å². The minimum absolute atomic E-state index is 0.0155. The smallest absolute Gasteiger partial charge is 0.255 e. The molecule has 3 aromatic rings. The van der Waals surface area contributed by atoms with Crippen LogP contribution in [0.3, 0.4) is 0 Å². The van der Waals surface area contributed by atoms with Crippen LogP contribution in [0.5, 0.6) is 5.75 Å². The van der Waals surface area contributed by atoms with E-state index in [0.29, 0.717) is 10.7 Å². The summed E-state index contributed by atoms with van der Waals surface area (Å²) in [6, 6.07) is 7.33. The molecular weight excluding hydrogens is 465 g/mol. The van der Waals surface area contributed by atoms with E-state index in [-0.39, 0.29) is 17.9 Å². The Morgan fingerprint density at radius 3 is 2.90 bits per heavy atom. The number of thiazole rings is 1. The lowest BCUT2D eigenvalue weighted by atomic mass is 10.0. The Bertz CT molecular complexity index is 1090. The maximum atomic E-state index is 14.0. The molecule has 0 aliphatic carbocycles. The molecular formula is C19H13BrFN3O4S. The van der Waals surface area contributed by atoms with Gasteiger partial charge in [-0.1, -0.05) is 22.0 Å². The second kappa shape index (κ2) is 7.90. The van der Waals surface area contributed by atoms with Gasteiger partial charge in [-0.05, 0) is 35.9 Å². The Hall–Kier alpha value is -2.82. The zero-order valence-electron chi connectivity index (χ0n) is 14.6. The van der Waals surface area contributed by atoms with Gasteiger partial charge in [-0.3, -0.25) is 14.9 Å². The maximum Gasteiger partial charge on any atom is 0.255 e. The van der Waals surface area contributed by atoms with Gasteiger partial charge < -0.3 is 9.79 Å². The highest BCUT2D eigenvalue weighted by atomic mass is 79.9. The molecule has 0 saturated carbocycles. The van der Waals surface area contributed by atoms with Gasteiger partial charge in [0.2, 0.25) is 0 Å². The summed E-state index contributed by atoms with van der Waals surface area (Å²) >= 11 is 4.54. The van der Waals surface area contributed by atoms with Gasteiger partial charge in [0.25, 0.3) is 11.8 Å². The molecule has 148 valence electrons. The molecule has 2 amide bonds. The highest BCUT2D eigenvalue weighted by Crippen LogP contribution is 2.37. The first-order valence-electron chi connectivity index (χ1n) is 8.38. The number of benzene rings is 2. The molecule has 0 fully saturated rings. The lowest BCUT2D eigenvalue weighted by Gasteiger charge is -2.27. The summed E-state index contributed by atoms with van der Waals surface area (Å²) in [5.41, 5.74) is 1.18. The number of nitrogens with zero attached hydrogens (tertiary/aromatic N) is 2. The van der Waals surface area contributed by atoms with E-state index in [1.54, 1.807) is 23.6 Å². The molecule has 1 aromatic heterocycles. The molecule has 0 radical (unpaired) electrons. The fraction of sp³-hybridized carbons (Fsp3) is 0.105. The van der Waals surface area contributed by atoms with Gasteiger partial charge in [0.1, 0.15) is 11.9 Å². The molecule has 1 aliphatic heterocycles. The van der Waals surface area contributed by atoms with Crippen molar-refractivity contribution < 1.29 is 24.1 Å². The van der Waals surface area contributed by atoms with E-state index in [1.165, 1.54) is 28.5 Å². The molecule has 2 aromatic carbocycles. The van der Waals surface area contributed by atoms with Crippen LogP contribution in [0.25, 0.3) is 0 Å². The van der Waals surface area contributed by atoms with Crippen molar-refractivity contribution in [1.29, 1.82) is 0 Å². The second-order valence-electron chi connectivity index (χ2n) is 6.24. The third kappa shape index (κ3) is 3.74. The molecule has 2 heterocycles. The zero-order valence-corrected chi connectivity index (χ0v) is 17.0. The third-order valence-electron chi connectivity index (χ3n) is 4.49. The van der Waals surface area contributed by atoms with Crippen LogP contribution < -0.4 is 10.2 Å². The van der Waals surface area contributed by atoms with Crippen molar-refractivity contribution in [2.24, 2.45) is 0 Å². The Balaban J connectivity index is 1.78. The number of nitrogens with one attached hydrogen (secondary N) is 1. The van der Waals surface area contributed by atoms with Crippen molar-refractivity contribution >= 4 is 44.2 Å². The molecule has 1 unspecified atom stereocenters. The first-order valence-corrected chi connectivity index (χ1v) is 10.1. The highest BCUT2D eigenvalue weighted by Gasteiger charge is 2.39. The number of halogens is 2. The van der Waals surface area contributed by atoms with Crippen LogP contribution in [-0.2, 0) is 11.3 Å². The predicted molar refractivity (Wildman–Crippen MR) is 107 cm³/mol. The van der Waals surface area contributed by atoms with E-state index >= 15 is 0 Å². The van der Waals surface area contributed by atoms with Gasteiger partial charge >= 0.3 is 0 Å². The monoisotopic (exact) mass is 477 g/mol. The summed E-state index contributed by atoms with van der Waals surface area (Å²) in [7, 11) is 0. The average Bonchev–Trinajstić information content (AvgIpc) is 3.31. The highest BCUT2D eigenvalue weighted by molar-refractivity contribution is 9.10. The van der Waals surface area contributed by atoms with Gasteiger partial charge in [-0.2, -0.15) is 0 Å². The molecule has 0 bridgehead atoms. The Kier molecular flexibility index (Phi) is 5.31. The molecule has 29 heavy (non-hydrogen) atoms. The van der Waals surface area contributed by atoms with Crippen molar-refractivity contribution in [2.75, 3.05) is 5.32 Å². The number of carbonyl (C=O) groups is 2. The standard InChI is InChI=1S/C19H13BrFN3O4S/c20-11-2-1-10-9-24(18(26)13(10)7-11)16(17(25)23-19-22-5-6-29-19)14-8-12(21)3-4-15(14)28-27/h1-8,16,27H,9H2,(H,22,23,25). The Morgan fingerprint density at radius 2 is 2.17 bits per heavy atom. The first-order chi connectivity index (χ1) is 14.0. The van der Waals surface area contributed by atoms with Gasteiger partial charge in [-0.15, -0.1) is 11.3 Å². The number of fused-ring (bicyclic) bond motifs is 1. The minimum atomic E-state index is -1.25. The first kappa shape index (κ1) is 19.5. The number of aromatic nitrogens is 1. The van der Waals surface area contributed by atoms with Crippen LogP contribution in [0.4, 0.5) is 9.52 Å². The molecule has 0 spiro atoms. The van der Waals surface area contributed by atoms with E-state index < -0.39 is 23.7 Å². The second-order valence-corrected chi connectivity index (χ2v) is 8.05. The topological polar surface area (TPSA) is 91.8 Å². The molecule has 2 N–H and O–H groups in total. The number of carbonyl (C=O) groups excluding carboxylic acids is 2. The summed E-state index contributed by atoms with van der Waals surface area (Å²) in [5, 5.41) is 13.9. The number of rotatable bonds is 5. The minimum Gasteiger partial charge on any atom is -0.340 e. The molecule has 1 aliphatic rings. The lowest BCUT2D eigenvalue weighted by molar-refractivity contribution is -0.139. The molecule has 7 nitrogen and oxygen atoms in total. The van der Waals surface area contributed by atoms with Gasteiger partial charge in [0.15, 0.2) is 10.9 Å². The Morgan fingerprint density at radius 1 is 1.34 bits per heavy atom. The van der Waals surface area contributed by atoms with Crippen LogP contribution >= 0.6 is 27.3 Å². The van der Waals surface area contributed by atoms with Crippen LogP contribution in [0, 0.1) is 5.82 Å². The summed E-state index contributed by atoms with van der Waals surface area (Å²) in [6.07, 6.45) is 1.52. The number of hydrogen-bond donors (Lipinski definition) is 2. The van der Waals surface area contributed by atoms with E-state index in [4.69, 9.17) is 0 Å². The predicted octanol–water partition coefficient (Wildman–Crippen LogP) is 4.23. The van der Waals surface area contributed by atoms with E-state index in [9.17, 15) is 19.2 Å². The van der Waals surface area contributed by atoms with Gasteiger partial charge in [0, 0.05) is 33.7 Å². The normalized spacial score (nSPS) is 13.9. The molecule has 1 atom stereocenters. The third-order valence-corrected chi connectivity index (χ3v) is 5.67. The van der Waals surface area contributed by atoms with Crippen molar-refractivity contribution in [3.05, 3.63) is 75.0 Å². The molecule has 10 heteroatoms. The Labute approximate surface area is 176 Å². The lowest BCUT2D eigenvalue weighted by Crippen LogP contribution is -2.37. The number of hydrogen-bond acceptors (Lipinski definition) is 6. The van der Waals surface area contributed by atoms with E-state index in [0.717, 1.165) is 22.2 Å². The van der Waals surface area contributed by atoms with Crippen molar-refractivity contribution in [3.63, 3.8) is 0 Å². The quantitative estimate of drug-likeness (QED) is 0.423. The summed E-state index contributed by atoms with van der Waals surface area (Å²) < 4.78 is 14.7. The zero-order chi connectivity index (χ0) is 20.5. The largest absolute Gasteiger partial charge is 0.340 e. The van der Waals surface area contributed by atoms with Gasteiger partial charge in [0.05, 0.1) is 0 Å². The molecule has 0 saturated heterocycles. The SMILES string of the molecule is O=C(Nc1nccs1)C(c1cc(F)ccc1OO)N1Cc2ccc(Br)cc2C1=O. The molecule has 4 rings (SSSR count). The van der Waals surface area contributed by atoms with Crippen LogP contribution in [0.2, 0.25) is 0 Å². The fourth-order valence-corrected chi connectivity index (χ4v) is 4.12. The van der Waals surface area contributed by atoms with Crippen LogP contribution in [0.1, 0.15) is 27.5 Å². The average molecular weight is 478 g/mol. The van der Waals surface area contributed by atoms with E-state index in [2.05, 4.69) is 31.1 Å². The fourth-order valence-electron chi connectivity index (χ4n) is 3.23. The maximum absolute atomic E-state index is 14.0. The summed E-state index contributed by atoms with van der Waals surface area (Å²) in [4.78, 5) is 35.9. The number of amides is 2. The van der Waals surface area contributed by atoms with Gasteiger partial charge in [-0.25, -0.2) is 14.6 Å². The van der Waals surface area contributed by atoms with Crippen LogP contribution in [-0.4, -0.2) is 27.0 Å². The van der Waals surface area contributed by atoms with Crippen molar-refractivity contribution in [1.82, 2.24) is 9.88 Å². The van der Waals surface area contributed by atoms with Crippen molar-refractivity contribution in [3.8, 4) is 5.75 Å². The van der Waals surface area contributed by atoms with Crippen molar-refractivity contribution in [2.45, 2.75) is 12.6 Å². The summed E-state index contributed by atoms with van der Waals surface area (Å²) in [5.74, 6) is -1.77. The number of anilines is 1.